The van der Waals surface area contributed by atoms with Crippen LogP contribution in [0.3, 0.4) is 0 Å². The van der Waals surface area contributed by atoms with Crippen LogP contribution in [-0.2, 0) is 0 Å². The molecule has 14 heavy (non-hydrogen) atoms. The van der Waals surface area contributed by atoms with Crippen LogP contribution in [0.5, 0.6) is 0 Å². The predicted molar refractivity (Wildman–Crippen MR) is 52.1 cm³/mol. The molecule has 1 aromatic carbocycles. The second kappa shape index (κ2) is 3.38. The SMILES string of the molecule is O=C(O)n1cc[c]c1-c1ccccc1. The minimum absolute atomic E-state index is 0.568. The molecule has 3 heteroatoms. The van der Waals surface area contributed by atoms with Gasteiger partial charge in [-0.1, -0.05) is 30.3 Å². The van der Waals surface area contributed by atoms with Gasteiger partial charge >= 0.3 is 6.09 Å². The van der Waals surface area contributed by atoms with Crippen LogP contribution in [0.15, 0.2) is 42.6 Å². The zero-order chi connectivity index (χ0) is 9.97. The third kappa shape index (κ3) is 1.40. The molecule has 69 valence electrons. The lowest BCUT2D eigenvalue weighted by Crippen LogP contribution is -2.07. The molecule has 0 spiro atoms. The molecule has 0 unspecified atom stereocenters. The molecule has 1 radical (unpaired) electrons. The molecule has 0 bridgehead atoms. The van der Waals surface area contributed by atoms with Crippen LogP contribution in [0.25, 0.3) is 11.3 Å². The number of rotatable bonds is 1. The number of aromatic nitrogens is 1. The van der Waals surface area contributed by atoms with Gasteiger partial charge in [0.25, 0.3) is 0 Å². The third-order valence-corrected chi connectivity index (χ3v) is 1.94. The second-order valence-corrected chi connectivity index (χ2v) is 2.83. The quantitative estimate of drug-likeness (QED) is 0.743. The Morgan fingerprint density at radius 1 is 1.29 bits per heavy atom. The van der Waals surface area contributed by atoms with Gasteiger partial charge in [0.05, 0.1) is 5.69 Å². The average molecular weight is 186 g/mol. The number of hydrogen-bond donors (Lipinski definition) is 1. The molecular formula is C11H8NO2. The fourth-order valence-electron chi connectivity index (χ4n) is 1.31. The summed E-state index contributed by atoms with van der Waals surface area (Å²) in [7, 11) is 0. The van der Waals surface area contributed by atoms with Crippen LogP contribution in [0, 0.1) is 6.07 Å². The largest absolute Gasteiger partial charge is 0.464 e. The summed E-state index contributed by atoms with van der Waals surface area (Å²) in [5.74, 6) is 0. The summed E-state index contributed by atoms with van der Waals surface area (Å²) in [5, 5.41) is 8.86. The van der Waals surface area contributed by atoms with Crippen LogP contribution in [0.1, 0.15) is 0 Å². The number of carboxylic acid groups (broad SMARTS) is 1. The smallest absolute Gasteiger partial charge is 0.416 e. The van der Waals surface area contributed by atoms with E-state index < -0.39 is 6.09 Å². The molecule has 0 fully saturated rings. The van der Waals surface area contributed by atoms with Crippen molar-refractivity contribution in [2.24, 2.45) is 0 Å². The normalized spacial score (nSPS) is 10.0. The van der Waals surface area contributed by atoms with Crippen molar-refractivity contribution < 1.29 is 9.90 Å². The first kappa shape index (κ1) is 8.56. The maximum Gasteiger partial charge on any atom is 0.416 e. The molecule has 0 atom stereocenters. The first-order valence-corrected chi connectivity index (χ1v) is 4.17. The molecule has 0 aliphatic carbocycles. The number of benzene rings is 1. The van der Waals surface area contributed by atoms with Crippen molar-refractivity contribution in [2.45, 2.75) is 0 Å². The monoisotopic (exact) mass is 186 g/mol. The molecule has 0 saturated carbocycles. The minimum Gasteiger partial charge on any atom is -0.464 e. The Labute approximate surface area is 81.2 Å². The van der Waals surface area contributed by atoms with Crippen molar-refractivity contribution in [1.82, 2.24) is 4.57 Å². The Morgan fingerprint density at radius 3 is 2.64 bits per heavy atom. The van der Waals surface area contributed by atoms with Gasteiger partial charge in [-0.05, 0) is 11.6 Å². The van der Waals surface area contributed by atoms with Gasteiger partial charge in [0.1, 0.15) is 0 Å². The lowest BCUT2D eigenvalue weighted by Gasteiger charge is -2.02. The van der Waals surface area contributed by atoms with Crippen LogP contribution < -0.4 is 0 Å². The van der Waals surface area contributed by atoms with Crippen molar-refractivity contribution in [1.29, 1.82) is 0 Å². The zero-order valence-corrected chi connectivity index (χ0v) is 7.34. The zero-order valence-electron chi connectivity index (χ0n) is 7.34. The van der Waals surface area contributed by atoms with E-state index in [4.69, 9.17) is 5.11 Å². The highest BCUT2D eigenvalue weighted by Crippen LogP contribution is 2.18. The van der Waals surface area contributed by atoms with Gasteiger partial charge in [-0.3, -0.25) is 4.57 Å². The summed E-state index contributed by atoms with van der Waals surface area (Å²) < 4.78 is 1.15. The molecule has 2 aromatic rings. The molecule has 0 aliphatic heterocycles. The lowest BCUT2D eigenvalue weighted by atomic mass is 10.1. The van der Waals surface area contributed by atoms with Gasteiger partial charge in [-0.2, -0.15) is 0 Å². The highest BCUT2D eigenvalue weighted by Gasteiger charge is 2.08. The van der Waals surface area contributed by atoms with E-state index in [9.17, 15) is 4.79 Å². The van der Waals surface area contributed by atoms with Crippen LogP contribution in [0.2, 0.25) is 0 Å². The molecule has 0 saturated heterocycles. The Kier molecular flexibility index (Phi) is 2.07. The van der Waals surface area contributed by atoms with Crippen molar-refractivity contribution >= 4 is 6.09 Å². The Hall–Kier alpha value is -2.03. The number of carbonyl (C=O) groups is 1. The third-order valence-electron chi connectivity index (χ3n) is 1.94. The van der Waals surface area contributed by atoms with E-state index in [1.807, 2.05) is 30.3 Å². The van der Waals surface area contributed by atoms with E-state index in [1.54, 1.807) is 6.07 Å². The summed E-state index contributed by atoms with van der Waals surface area (Å²) in [6.07, 6.45) is 0.482. The van der Waals surface area contributed by atoms with Crippen LogP contribution in [-0.4, -0.2) is 15.8 Å². The van der Waals surface area contributed by atoms with Crippen LogP contribution >= 0.6 is 0 Å². The average Bonchev–Trinajstić information content (AvgIpc) is 2.67. The van der Waals surface area contributed by atoms with E-state index in [1.165, 1.54) is 6.20 Å². The van der Waals surface area contributed by atoms with E-state index >= 15 is 0 Å². The summed E-state index contributed by atoms with van der Waals surface area (Å²) in [5.41, 5.74) is 1.41. The Morgan fingerprint density at radius 2 is 2.00 bits per heavy atom. The van der Waals surface area contributed by atoms with Gasteiger partial charge in [0.2, 0.25) is 0 Å². The van der Waals surface area contributed by atoms with Gasteiger partial charge in [0.15, 0.2) is 0 Å². The van der Waals surface area contributed by atoms with Gasteiger partial charge in [0, 0.05) is 12.3 Å². The highest BCUT2D eigenvalue weighted by atomic mass is 16.4. The van der Waals surface area contributed by atoms with E-state index in [-0.39, 0.29) is 0 Å². The Bertz CT molecular complexity index is 445. The molecule has 0 amide bonds. The summed E-state index contributed by atoms with van der Waals surface area (Å²) in [4.78, 5) is 10.8. The highest BCUT2D eigenvalue weighted by molar-refractivity contribution is 5.76. The lowest BCUT2D eigenvalue weighted by molar-refractivity contribution is 0.197. The fourth-order valence-corrected chi connectivity index (χ4v) is 1.31. The van der Waals surface area contributed by atoms with Gasteiger partial charge < -0.3 is 5.11 Å². The molecule has 2 rings (SSSR count). The molecule has 1 heterocycles. The van der Waals surface area contributed by atoms with Crippen molar-refractivity contribution in [2.75, 3.05) is 0 Å². The van der Waals surface area contributed by atoms with Crippen molar-refractivity contribution in [3.8, 4) is 11.3 Å². The first-order chi connectivity index (χ1) is 6.79. The van der Waals surface area contributed by atoms with Crippen molar-refractivity contribution in [3.63, 3.8) is 0 Å². The fraction of sp³-hybridized carbons (Fsp3) is 0. The maximum atomic E-state index is 10.8. The van der Waals surface area contributed by atoms with E-state index in [0.717, 1.165) is 10.1 Å². The first-order valence-electron chi connectivity index (χ1n) is 4.17. The predicted octanol–water partition coefficient (Wildman–Crippen LogP) is 2.48. The molecule has 3 nitrogen and oxygen atoms in total. The Balaban J connectivity index is 2.52. The molecule has 0 aliphatic rings. The summed E-state index contributed by atoms with van der Waals surface area (Å²) in [6.45, 7) is 0. The number of nitrogens with zero attached hydrogens (tertiary/aromatic N) is 1. The van der Waals surface area contributed by atoms with Gasteiger partial charge in [-0.25, -0.2) is 4.79 Å². The standard InChI is InChI=1S/C11H8NO2/c13-11(14)12-8-4-7-10(12)9-5-2-1-3-6-9/h1-6,8H,(H,13,14). The molecular weight excluding hydrogens is 178 g/mol. The summed E-state index contributed by atoms with van der Waals surface area (Å²) in [6, 6.07) is 13.8. The van der Waals surface area contributed by atoms with Crippen molar-refractivity contribution in [3.05, 3.63) is 48.7 Å². The van der Waals surface area contributed by atoms with E-state index in [0.29, 0.717) is 5.69 Å². The van der Waals surface area contributed by atoms with Gasteiger partial charge in [-0.15, -0.1) is 0 Å². The maximum absolute atomic E-state index is 10.8. The van der Waals surface area contributed by atoms with E-state index in [2.05, 4.69) is 6.07 Å². The molecule has 1 aromatic heterocycles. The topological polar surface area (TPSA) is 42.2 Å². The molecule has 1 N–H and O–H groups in total. The second-order valence-electron chi connectivity index (χ2n) is 2.83. The minimum atomic E-state index is -0.995. The van der Waals surface area contributed by atoms with Crippen LogP contribution in [0.4, 0.5) is 4.79 Å². The number of hydrogen-bond acceptors (Lipinski definition) is 1. The summed E-state index contributed by atoms with van der Waals surface area (Å²) >= 11 is 0.